The zero-order chi connectivity index (χ0) is 19.9. The van der Waals surface area contributed by atoms with Crippen LogP contribution in [-0.2, 0) is 0 Å². The Hall–Kier alpha value is -2.94. The van der Waals surface area contributed by atoms with E-state index in [9.17, 15) is 4.79 Å². The molecule has 2 aromatic rings. The molecule has 1 aliphatic heterocycles. The van der Waals surface area contributed by atoms with Gasteiger partial charge in [0.05, 0.1) is 23.6 Å². The summed E-state index contributed by atoms with van der Waals surface area (Å²) in [5, 5.41) is 12.8. The Bertz CT molecular complexity index is 787. The minimum Gasteiger partial charge on any atom is -0.384 e. The van der Waals surface area contributed by atoms with E-state index in [1.54, 1.807) is 12.4 Å². The predicted molar refractivity (Wildman–Crippen MR) is 111 cm³/mol. The van der Waals surface area contributed by atoms with Crippen LogP contribution >= 0.6 is 0 Å². The maximum atomic E-state index is 12.6. The van der Waals surface area contributed by atoms with E-state index in [-0.39, 0.29) is 11.9 Å². The molecule has 0 radical (unpaired) electrons. The van der Waals surface area contributed by atoms with Crippen molar-refractivity contribution in [1.82, 2.24) is 25.6 Å². The van der Waals surface area contributed by atoms with Gasteiger partial charge in [-0.15, -0.1) is 0 Å². The number of hydrogen-bond acceptors (Lipinski definition) is 8. The van der Waals surface area contributed by atoms with Crippen molar-refractivity contribution in [3.63, 3.8) is 0 Å². The van der Waals surface area contributed by atoms with E-state index >= 15 is 0 Å². The second-order valence-corrected chi connectivity index (χ2v) is 7.27. The van der Waals surface area contributed by atoms with E-state index in [1.165, 1.54) is 6.20 Å². The fourth-order valence-corrected chi connectivity index (χ4v) is 3.06. The van der Waals surface area contributed by atoms with Crippen molar-refractivity contribution in [3.8, 4) is 0 Å². The van der Waals surface area contributed by atoms with Crippen LogP contribution in [0.1, 0.15) is 37.0 Å². The van der Waals surface area contributed by atoms with E-state index in [0.717, 1.165) is 38.2 Å². The van der Waals surface area contributed by atoms with Gasteiger partial charge in [-0.3, -0.25) is 4.79 Å². The van der Waals surface area contributed by atoms with Gasteiger partial charge in [0, 0.05) is 24.8 Å². The lowest BCUT2D eigenvalue weighted by atomic mass is 9.98. The fraction of sp³-hybridized carbons (Fsp3) is 0.474. The molecule has 0 aliphatic carbocycles. The number of hydrogen-bond donors (Lipinski definition) is 5. The van der Waals surface area contributed by atoms with Crippen LogP contribution in [0.25, 0.3) is 0 Å². The highest BCUT2D eigenvalue weighted by molar-refractivity contribution is 6.00. The first-order chi connectivity index (χ1) is 13.5. The number of nitrogens with one attached hydrogen (secondary N) is 4. The first-order valence-electron chi connectivity index (χ1n) is 9.61. The Kier molecular flexibility index (Phi) is 6.59. The van der Waals surface area contributed by atoms with Gasteiger partial charge in [0.25, 0.3) is 5.91 Å². The van der Waals surface area contributed by atoms with Crippen molar-refractivity contribution < 1.29 is 4.79 Å². The molecule has 0 saturated carbocycles. The Morgan fingerprint density at radius 1 is 1.18 bits per heavy atom. The lowest BCUT2D eigenvalue weighted by Crippen LogP contribution is -2.32. The largest absolute Gasteiger partial charge is 0.384 e. The predicted octanol–water partition coefficient (Wildman–Crippen LogP) is 1.75. The van der Waals surface area contributed by atoms with Gasteiger partial charge in [-0.25, -0.2) is 15.0 Å². The van der Waals surface area contributed by atoms with E-state index in [0.29, 0.717) is 28.9 Å². The molecular weight excluding hydrogens is 356 g/mol. The summed E-state index contributed by atoms with van der Waals surface area (Å²) in [7, 11) is 0. The second-order valence-electron chi connectivity index (χ2n) is 7.27. The van der Waals surface area contributed by atoms with Crippen LogP contribution in [0.15, 0.2) is 24.7 Å². The Labute approximate surface area is 164 Å². The Morgan fingerprint density at radius 2 is 1.93 bits per heavy atom. The topological polar surface area (TPSA) is 130 Å². The smallest absolute Gasteiger partial charge is 0.255 e. The van der Waals surface area contributed by atoms with Crippen molar-refractivity contribution >= 4 is 29.0 Å². The molecule has 9 nitrogen and oxygen atoms in total. The summed E-state index contributed by atoms with van der Waals surface area (Å²) in [4.78, 5) is 25.1. The monoisotopic (exact) mass is 384 g/mol. The number of rotatable bonds is 7. The highest BCUT2D eigenvalue weighted by Crippen LogP contribution is 2.22. The van der Waals surface area contributed by atoms with E-state index < -0.39 is 0 Å². The van der Waals surface area contributed by atoms with Gasteiger partial charge in [0.2, 0.25) is 0 Å². The summed E-state index contributed by atoms with van der Waals surface area (Å²) >= 11 is 0. The Morgan fingerprint density at radius 3 is 2.61 bits per heavy atom. The quantitative estimate of drug-likeness (QED) is 0.488. The highest BCUT2D eigenvalue weighted by atomic mass is 16.1. The van der Waals surface area contributed by atoms with Gasteiger partial charge in [0.15, 0.2) is 0 Å². The van der Waals surface area contributed by atoms with Crippen LogP contribution in [0.5, 0.6) is 0 Å². The molecule has 2 aromatic heterocycles. The molecule has 6 N–H and O–H groups in total. The number of anilines is 4. The number of aromatic nitrogens is 3. The first-order valence-corrected chi connectivity index (χ1v) is 9.61. The number of nitrogens with two attached hydrogens (primary N) is 1. The van der Waals surface area contributed by atoms with Crippen LogP contribution in [0, 0.1) is 5.92 Å². The van der Waals surface area contributed by atoms with Crippen molar-refractivity contribution in [2.75, 3.05) is 36.0 Å². The lowest BCUT2D eigenvalue weighted by Gasteiger charge is -2.24. The van der Waals surface area contributed by atoms with Gasteiger partial charge < -0.3 is 27.0 Å². The summed E-state index contributed by atoms with van der Waals surface area (Å²) in [5.41, 5.74) is 6.84. The van der Waals surface area contributed by atoms with Crippen LogP contribution < -0.4 is 27.0 Å². The zero-order valence-corrected chi connectivity index (χ0v) is 16.3. The third-order valence-electron chi connectivity index (χ3n) is 4.54. The molecule has 3 heterocycles. The van der Waals surface area contributed by atoms with E-state index in [1.807, 2.05) is 19.9 Å². The molecule has 1 fully saturated rings. The van der Waals surface area contributed by atoms with Gasteiger partial charge in [-0.1, -0.05) is 0 Å². The molecule has 150 valence electrons. The summed E-state index contributed by atoms with van der Waals surface area (Å²) in [5.74, 6) is 1.89. The SMILES string of the molecule is CC(C)NC(=O)c1cnc(Nc2cnc(N)cn2)cc1NCC1CCNCC1. The number of piperidine rings is 1. The van der Waals surface area contributed by atoms with Gasteiger partial charge in [-0.05, 0) is 45.7 Å². The molecule has 0 bridgehead atoms. The van der Waals surface area contributed by atoms with Crippen LogP contribution in [-0.4, -0.2) is 46.5 Å². The summed E-state index contributed by atoms with van der Waals surface area (Å²) in [6, 6.07) is 1.88. The molecule has 0 atom stereocenters. The molecular formula is C19H28N8O. The lowest BCUT2D eigenvalue weighted by molar-refractivity contribution is 0.0943. The number of nitrogens with zero attached hydrogens (tertiary/aromatic N) is 3. The average Bonchev–Trinajstić information content (AvgIpc) is 2.68. The molecule has 0 spiro atoms. The van der Waals surface area contributed by atoms with Crippen molar-refractivity contribution in [1.29, 1.82) is 0 Å². The summed E-state index contributed by atoms with van der Waals surface area (Å²) in [6.07, 6.45) is 6.84. The number of nitrogen functional groups attached to an aromatic ring is 1. The van der Waals surface area contributed by atoms with Crippen molar-refractivity contribution in [2.24, 2.45) is 5.92 Å². The number of carbonyl (C=O) groups is 1. The highest BCUT2D eigenvalue weighted by Gasteiger charge is 2.17. The number of pyridine rings is 1. The molecule has 1 amide bonds. The van der Waals surface area contributed by atoms with E-state index in [2.05, 4.69) is 36.2 Å². The minimum absolute atomic E-state index is 0.0487. The van der Waals surface area contributed by atoms with Crippen LogP contribution in [0.2, 0.25) is 0 Å². The minimum atomic E-state index is -0.144. The van der Waals surface area contributed by atoms with Crippen LogP contribution in [0.3, 0.4) is 0 Å². The summed E-state index contributed by atoms with van der Waals surface area (Å²) in [6.45, 7) is 6.75. The molecule has 1 aliphatic rings. The molecule has 3 rings (SSSR count). The van der Waals surface area contributed by atoms with Crippen LogP contribution in [0.4, 0.5) is 23.1 Å². The van der Waals surface area contributed by atoms with Gasteiger partial charge in [0.1, 0.15) is 17.5 Å². The maximum absolute atomic E-state index is 12.6. The molecule has 0 unspecified atom stereocenters. The van der Waals surface area contributed by atoms with Gasteiger partial charge >= 0.3 is 0 Å². The first kappa shape index (κ1) is 19.8. The normalized spacial score (nSPS) is 14.7. The molecule has 9 heteroatoms. The third kappa shape index (κ3) is 5.53. The number of carbonyl (C=O) groups excluding carboxylic acids is 1. The standard InChI is InChI=1S/C19H28N8O/c1-12(2)26-19(28)14-9-24-17(27-18-11-23-16(20)10-25-18)7-15(14)22-8-13-3-5-21-6-4-13/h7,9-13,21H,3-6,8H2,1-2H3,(H2,20,23)(H,26,28)(H2,22,24,25,27). The van der Waals surface area contributed by atoms with Crippen molar-refractivity contribution in [2.45, 2.75) is 32.7 Å². The number of amides is 1. The zero-order valence-electron chi connectivity index (χ0n) is 16.3. The van der Waals surface area contributed by atoms with E-state index in [4.69, 9.17) is 5.73 Å². The van der Waals surface area contributed by atoms with Gasteiger partial charge in [-0.2, -0.15) is 0 Å². The average molecular weight is 384 g/mol. The summed E-state index contributed by atoms with van der Waals surface area (Å²) < 4.78 is 0. The van der Waals surface area contributed by atoms with Crippen molar-refractivity contribution in [3.05, 3.63) is 30.2 Å². The molecule has 28 heavy (non-hydrogen) atoms. The fourth-order valence-electron chi connectivity index (χ4n) is 3.06. The third-order valence-corrected chi connectivity index (χ3v) is 4.54. The maximum Gasteiger partial charge on any atom is 0.255 e. The second kappa shape index (κ2) is 9.32. The molecule has 0 aromatic carbocycles. The molecule has 1 saturated heterocycles. The Balaban J connectivity index is 1.78.